The van der Waals surface area contributed by atoms with E-state index in [1.807, 2.05) is 6.07 Å². The second-order valence-electron chi connectivity index (χ2n) is 5.25. The molecule has 0 unspecified atom stereocenters. The third-order valence-electron chi connectivity index (χ3n) is 3.62. The number of ether oxygens (including phenoxy) is 1. The van der Waals surface area contributed by atoms with Gasteiger partial charge in [0, 0.05) is 20.1 Å². The lowest BCUT2D eigenvalue weighted by Gasteiger charge is -2.12. The Hall–Kier alpha value is -1.50. The van der Waals surface area contributed by atoms with Crippen molar-refractivity contribution in [3.8, 4) is 5.75 Å². The largest absolute Gasteiger partial charge is 0.497 e. The molecule has 0 aromatic heterocycles. The van der Waals surface area contributed by atoms with E-state index in [-0.39, 0.29) is 24.0 Å². The zero-order valence-electron chi connectivity index (χ0n) is 14.1. The summed E-state index contributed by atoms with van der Waals surface area (Å²) in [5.74, 6) is 1.74. The number of benzene rings is 2. The van der Waals surface area contributed by atoms with Crippen molar-refractivity contribution < 1.29 is 4.74 Å². The van der Waals surface area contributed by atoms with E-state index in [9.17, 15) is 0 Å². The van der Waals surface area contributed by atoms with Gasteiger partial charge in [-0.25, -0.2) is 0 Å². The monoisotopic (exact) mass is 427 g/mol. The highest BCUT2D eigenvalue weighted by atomic mass is 127. The molecule has 0 aliphatic heterocycles. The van der Waals surface area contributed by atoms with Crippen molar-refractivity contribution in [2.24, 2.45) is 4.99 Å². The number of fused-ring (bicyclic) bond motifs is 1. The molecule has 0 bridgehead atoms. The Morgan fingerprint density at radius 1 is 1.09 bits per heavy atom. The highest BCUT2D eigenvalue weighted by molar-refractivity contribution is 14.0. The first-order valence-corrected chi connectivity index (χ1v) is 7.78. The van der Waals surface area contributed by atoms with Crippen LogP contribution in [0.5, 0.6) is 5.75 Å². The second kappa shape index (κ2) is 10.3. The third-order valence-corrected chi connectivity index (χ3v) is 3.62. The zero-order chi connectivity index (χ0) is 15.8. The molecule has 0 aliphatic carbocycles. The van der Waals surface area contributed by atoms with Gasteiger partial charge in [-0.3, -0.25) is 4.99 Å². The Morgan fingerprint density at radius 3 is 2.52 bits per heavy atom. The summed E-state index contributed by atoms with van der Waals surface area (Å²) in [6.07, 6.45) is 2.33. The van der Waals surface area contributed by atoms with Crippen LogP contribution in [0.15, 0.2) is 41.4 Å². The lowest BCUT2D eigenvalue weighted by Crippen LogP contribution is -2.37. The minimum absolute atomic E-state index is 0. The number of hydrogen-bond donors (Lipinski definition) is 2. The standard InChI is InChI=1S/C18H25N3O.HI/c1-4-5-10-20-18(19-2)21-13-14-6-7-16-12-17(22-3)9-8-15(16)11-14;/h6-9,11-12H,4-5,10,13H2,1-3H3,(H2,19,20,21);1H. The van der Waals surface area contributed by atoms with E-state index >= 15 is 0 Å². The van der Waals surface area contributed by atoms with Crippen molar-refractivity contribution in [3.63, 3.8) is 0 Å². The normalized spacial score (nSPS) is 11.0. The van der Waals surface area contributed by atoms with Gasteiger partial charge in [0.25, 0.3) is 0 Å². The van der Waals surface area contributed by atoms with Gasteiger partial charge in [0.15, 0.2) is 5.96 Å². The summed E-state index contributed by atoms with van der Waals surface area (Å²) >= 11 is 0. The lowest BCUT2D eigenvalue weighted by atomic mass is 10.1. The van der Waals surface area contributed by atoms with Crippen molar-refractivity contribution in [3.05, 3.63) is 42.0 Å². The van der Waals surface area contributed by atoms with Crippen LogP contribution in [0.1, 0.15) is 25.3 Å². The molecule has 126 valence electrons. The second-order valence-corrected chi connectivity index (χ2v) is 5.25. The summed E-state index contributed by atoms with van der Waals surface area (Å²) in [5, 5.41) is 9.07. The Bertz CT molecular complexity index is 643. The van der Waals surface area contributed by atoms with Gasteiger partial charge in [0.2, 0.25) is 0 Å². The molecule has 0 radical (unpaired) electrons. The smallest absolute Gasteiger partial charge is 0.191 e. The van der Waals surface area contributed by atoms with Gasteiger partial charge in [-0.2, -0.15) is 0 Å². The minimum Gasteiger partial charge on any atom is -0.497 e. The predicted molar refractivity (Wildman–Crippen MR) is 109 cm³/mol. The Balaban J connectivity index is 0.00000264. The summed E-state index contributed by atoms with van der Waals surface area (Å²) in [7, 11) is 3.49. The topological polar surface area (TPSA) is 45.7 Å². The highest BCUT2D eigenvalue weighted by Crippen LogP contribution is 2.21. The molecule has 2 rings (SSSR count). The zero-order valence-corrected chi connectivity index (χ0v) is 16.4. The number of rotatable bonds is 6. The van der Waals surface area contributed by atoms with Crippen LogP contribution in [0.25, 0.3) is 10.8 Å². The fourth-order valence-corrected chi connectivity index (χ4v) is 2.30. The van der Waals surface area contributed by atoms with Gasteiger partial charge in [-0.1, -0.05) is 31.5 Å². The molecule has 2 aromatic rings. The number of nitrogens with one attached hydrogen (secondary N) is 2. The SMILES string of the molecule is CCCCNC(=NC)NCc1ccc2cc(OC)ccc2c1.I. The van der Waals surface area contributed by atoms with E-state index in [2.05, 4.69) is 52.9 Å². The fourth-order valence-electron chi connectivity index (χ4n) is 2.30. The van der Waals surface area contributed by atoms with Crippen molar-refractivity contribution in [2.75, 3.05) is 20.7 Å². The molecule has 0 atom stereocenters. The van der Waals surface area contributed by atoms with E-state index in [0.717, 1.165) is 31.2 Å². The number of nitrogens with zero attached hydrogens (tertiary/aromatic N) is 1. The maximum absolute atomic E-state index is 5.26. The van der Waals surface area contributed by atoms with Crippen molar-refractivity contribution in [2.45, 2.75) is 26.3 Å². The molecule has 0 saturated carbocycles. The summed E-state index contributed by atoms with van der Waals surface area (Å²) in [6, 6.07) is 12.6. The predicted octanol–water partition coefficient (Wildman–Crippen LogP) is 3.93. The van der Waals surface area contributed by atoms with Gasteiger partial charge in [-0.15, -0.1) is 24.0 Å². The first-order chi connectivity index (χ1) is 10.8. The van der Waals surface area contributed by atoms with E-state index in [0.29, 0.717) is 0 Å². The van der Waals surface area contributed by atoms with Crippen LogP contribution in [0.4, 0.5) is 0 Å². The van der Waals surface area contributed by atoms with Gasteiger partial charge in [0.05, 0.1) is 7.11 Å². The quantitative estimate of drug-likeness (QED) is 0.318. The molecule has 2 aromatic carbocycles. The van der Waals surface area contributed by atoms with E-state index in [4.69, 9.17) is 4.74 Å². The molecule has 0 amide bonds. The summed E-state index contributed by atoms with van der Waals surface area (Å²) in [6.45, 7) is 3.89. The van der Waals surface area contributed by atoms with Crippen molar-refractivity contribution >= 4 is 40.7 Å². The van der Waals surface area contributed by atoms with Gasteiger partial charge in [-0.05, 0) is 41.0 Å². The third kappa shape index (κ3) is 5.89. The first-order valence-electron chi connectivity index (χ1n) is 7.78. The van der Waals surface area contributed by atoms with Crippen LogP contribution in [0, 0.1) is 0 Å². The molecule has 23 heavy (non-hydrogen) atoms. The van der Waals surface area contributed by atoms with Crippen LogP contribution >= 0.6 is 24.0 Å². The average molecular weight is 427 g/mol. The first kappa shape index (κ1) is 19.5. The van der Waals surface area contributed by atoms with Crippen molar-refractivity contribution in [1.82, 2.24) is 10.6 Å². The van der Waals surface area contributed by atoms with Gasteiger partial charge in [0.1, 0.15) is 5.75 Å². The van der Waals surface area contributed by atoms with Crippen LogP contribution in [0.3, 0.4) is 0 Å². The highest BCUT2D eigenvalue weighted by Gasteiger charge is 2.01. The van der Waals surface area contributed by atoms with E-state index in [1.54, 1.807) is 14.2 Å². The van der Waals surface area contributed by atoms with Crippen molar-refractivity contribution in [1.29, 1.82) is 0 Å². The Kier molecular flexibility index (Phi) is 8.76. The molecule has 5 heteroatoms. The van der Waals surface area contributed by atoms with Crippen LogP contribution < -0.4 is 15.4 Å². The maximum Gasteiger partial charge on any atom is 0.191 e. The number of aliphatic imine (C=N–C) groups is 1. The fraction of sp³-hybridized carbons (Fsp3) is 0.389. The maximum atomic E-state index is 5.26. The van der Waals surface area contributed by atoms with Crippen LogP contribution in [0.2, 0.25) is 0 Å². The number of methoxy groups -OCH3 is 1. The number of hydrogen-bond acceptors (Lipinski definition) is 2. The molecule has 0 fully saturated rings. The molecule has 0 saturated heterocycles. The number of unbranched alkanes of at least 4 members (excludes halogenated alkanes) is 1. The molecular formula is C18H26IN3O. The van der Waals surface area contributed by atoms with E-state index < -0.39 is 0 Å². The Morgan fingerprint density at radius 2 is 1.83 bits per heavy atom. The summed E-state index contributed by atoms with van der Waals surface area (Å²) < 4.78 is 5.26. The number of guanidine groups is 1. The molecule has 0 spiro atoms. The Labute approximate surface area is 155 Å². The molecule has 2 N–H and O–H groups in total. The number of halogens is 1. The van der Waals surface area contributed by atoms with E-state index in [1.165, 1.54) is 22.8 Å². The summed E-state index contributed by atoms with van der Waals surface area (Å²) in [4.78, 5) is 4.24. The molecular weight excluding hydrogens is 401 g/mol. The minimum atomic E-state index is 0. The lowest BCUT2D eigenvalue weighted by molar-refractivity contribution is 0.415. The molecule has 0 aliphatic rings. The molecule has 0 heterocycles. The van der Waals surface area contributed by atoms with Crippen LogP contribution in [-0.4, -0.2) is 26.7 Å². The molecule has 4 nitrogen and oxygen atoms in total. The van der Waals surface area contributed by atoms with Crippen LogP contribution in [-0.2, 0) is 6.54 Å². The van der Waals surface area contributed by atoms with Gasteiger partial charge < -0.3 is 15.4 Å². The van der Waals surface area contributed by atoms with Gasteiger partial charge >= 0.3 is 0 Å². The average Bonchev–Trinajstić information content (AvgIpc) is 2.57. The summed E-state index contributed by atoms with van der Waals surface area (Å²) in [5.41, 5.74) is 1.23.